The van der Waals surface area contributed by atoms with E-state index < -0.39 is 11.8 Å². The molecule has 2 aromatic rings. The maximum absolute atomic E-state index is 13.9. The van der Waals surface area contributed by atoms with Gasteiger partial charge in [0, 0.05) is 45.8 Å². The van der Waals surface area contributed by atoms with Crippen LogP contribution in [-0.4, -0.2) is 56.0 Å². The zero-order valence-corrected chi connectivity index (χ0v) is 15.7. The van der Waals surface area contributed by atoms with Gasteiger partial charge >= 0.3 is 11.8 Å². The third-order valence-corrected chi connectivity index (χ3v) is 4.78. The molecule has 7 heteroatoms. The van der Waals surface area contributed by atoms with Crippen molar-refractivity contribution in [3.05, 3.63) is 66.0 Å². The van der Waals surface area contributed by atoms with Crippen LogP contribution in [0.3, 0.4) is 0 Å². The summed E-state index contributed by atoms with van der Waals surface area (Å²) in [6.07, 6.45) is 0. The van der Waals surface area contributed by atoms with Gasteiger partial charge in [-0.15, -0.1) is 0 Å². The predicted octanol–water partition coefficient (Wildman–Crippen LogP) is 1.38. The lowest BCUT2D eigenvalue weighted by atomic mass is 10.2. The van der Waals surface area contributed by atoms with Gasteiger partial charge in [-0.1, -0.05) is 42.5 Å². The van der Waals surface area contributed by atoms with Gasteiger partial charge in [-0.2, -0.15) is 0 Å². The van der Waals surface area contributed by atoms with Gasteiger partial charge in [0.25, 0.3) is 0 Å². The van der Waals surface area contributed by atoms with Crippen LogP contribution in [-0.2, 0) is 16.1 Å². The third-order valence-electron chi connectivity index (χ3n) is 4.78. The molecule has 0 unspecified atom stereocenters. The molecule has 0 aromatic heterocycles. The van der Waals surface area contributed by atoms with E-state index in [1.165, 1.54) is 6.07 Å². The zero-order valence-electron chi connectivity index (χ0n) is 15.7. The van der Waals surface area contributed by atoms with Crippen molar-refractivity contribution < 1.29 is 14.0 Å². The quantitative estimate of drug-likeness (QED) is 0.739. The average Bonchev–Trinajstić information content (AvgIpc) is 2.73. The minimum absolute atomic E-state index is 0.204. The molecule has 0 bridgehead atoms. The van der Waals surface area contributed by atoms with Crippen molar-refractivity contribution in [1.82, 2.24) is 15.5 Å². The standard InChI is InChI=1S/C21H25FN4O2/c22-18-8-4-5-9-19(18)26-14-12-25(13-15-26)11-10-23-20(27)21(28)24-16-17-6-2-1-3-7-17/h1-9H,10-16H2,(H,23,27)(H,24,28). The summed E-state index contributed by atoms with van der Waals surface area (Å²) >= 11 is 0. The first-order chi connectivity index (χ1) is 13.6. The molecule has 2 aromatic carbocycles. The number of piperazine rings is 1. The van der Waals surface area contributed by atoms with Gasteiger partial charge in [0.15, 0.2) is 0 Å². The number of halogens is 1. The van der Waals surface area contributed by atoms with Crippen LogP contribution in [0.2, 0.25) is 0 Å². The Morgan fingerprint density at radius 3 is 2.21 bits per heavy atom. The van der Waals surface area contributed by atoms with Crippen molar-refractivity contribution in [2.45, 2.75) is 6.54 Å². The summed E-state index contributed by atoms with van der Waals surface area (Å²) in [6, 6.07) is 16.2. The molecule has 1 aliphatic heterocycles. The number of rotatable bonds is 6. The fourth-order valence-corrected chi connectivity index (χ4v) is 3.19. The highest BCUT2D eigenvalue weighted by Gasteiger charge is 2.19. The van der Waals surface area contributed by atoms with Gasteiger partial charge in [0.05, 0.1) is 5.69 Å². The van der Waals surface area contributed by atoms with E-state index in [-0.39, 0.29) is 5.82 Å². The smallest absolute Gasteiger partial charge is 0.309 e. The van der Waals surface area contributed by atoms with E-state index in [0.717, 1.165) is 31.7 Å². The van der Waals surface area contributed by atoms with Crippen molar-refractivity contribution in [3.8, 4) is 0 Å². The molecular formula is C21H25FN4O2. The summed E-state index contributed by atoms with van der Waals surface area (Å²) < 4.78 is 13.9. The Morgan fingerprint density at radius 1 is 0.857 bits per heavy atom. The van der Waals surface area contributed by atoms with E-state index in [0.29, 0.717) is 25.3 Å². The minimum Gasteiger partial charge on any atom is -0.367 e. The fraction of sp³-hybridized carbons (Fsp3) is 0.333. The molecule has 1 saturated heterocycles. The lowest BCUT2D eigenvalue weighted by Gasteiger charge is -2.36. The summed E-state index contributed by atoms with van der Waals surface area (Å²) in [5, 5.41) is 5.26. The molecule has 0 saturated carbocycles. The second-order valence-electron chi connectivity index (χ2n) is 6.70. The largest absolute Gasteiger partial charge is 0.367 e. The van der Waals surface area contributed by atoms with E-state index in [9.17, 15) is 14.0 Å². The number of hydrogen-bond donors (Lipinski definition) is 2. The van der Waals surface area contributed by atoms with Crippen molar-refractivity contribution in [2.75, 3.05) is 44.2 Å². The molecule has 1 heterocycles. The normalized spacial score (nSPS) is 14.5. The molecule has 0 spiro atoms. The Kier molecular flexibility index (Phi) is 6.97. The zero-order chi connectivity index (χ0) is 19.8. The number of anilines is 1. The minimum atomic E-state index is -0.631. The molecule has 2 N–H and O–H groups in total. The van der Waals surface area contributed by atoms with Gasteiger partial charge in [0.2, 0.25) is 0 Å². The second-order valence-corrected chi connectivity index (χ2v) is 6.70. The molecule has 1 aliphatic rings. The van der Waals surface area contributed by atoms with Gasteiger partial charge < -0.3 is 15.5 Å². The highest BCUT2D eigenvalue weighted by atomic mass is 19.1. The van der Waals surface area contributed by atoms with Crippen molar-refractivity contribution in [1.29, 1.82) is 0 Å². The Hall–Kier alpha value is -2.93. The van der Waals surface area contributed by atoms with E-state index in [4.69, 9.17) is 0 Å². The van der Waals surface area contributed by atoms with Gasteiger partial charge in [0.1, 0.15) is 5.82 Å². The molecule has 0 atom stereocenters. The summed E-state index contributed by atoms with van der Waals surface area (Å²) in [5.74, 6) is -1.46. The summed E-state index contributed by atoms with van der Waals surface area (Å²) in [7, 11) is 0. The van der Waals surface area contributed by atoms with Crippen LogP contribution in [0.25, 0.3) is 0 Å². The third kappa shape index (κ3) is 5.53. The Labute approximate surface area is 164 Å². The first-order valence-electron chi connectivity index (χ1n) is 9.45. The lowest BCUT2D eigenvalue weighted by molar-refractivity contribution is -0.139. The molecule has 0 aliphatic carbocycles. The summed E-state index contributed by atoms with van der Waals surface area (Å²) in [6.45, 7) is 4.40. The molecule has 148 valence electrons. The number of carbonyl (C=O) groups is 2. The number of hydrogen-bond acceptors (Lipinski definition) is 4. The second kappa shape index (κ2) is 9.85. The Morgan fingerprint density at radius 2 is 1.50 bits per heavy atom. The number of benzene rings is 2. The molecule has 28 heavy (non-hydrogen) atoms. The fourth-order valence-electron chi connectivity index (χ4n) is 3.19. The first-order valence-corrected chi connectivity index (χ1v) is 9.45. The van der Waals surface area contributed by atoms with Gasteiger partial charge in [-0.25, -0.2) is 4.39 Å². The van der Waals surface area contributed by atoms with E-state index in [2.05, 4.69) is 15.5 Å². The number of nitrogens with one attached hydrogen (secondary N) is 2. The van der Waals surface area contributed by atoms with Crippen LogP contribution in [0.5, 0.6) is 0 Å². The molecule has 1 fully saturated rings. The molecule has 3 rings (SSSR count). The lowest BCUT2D eigenvalue weighted by Crippen LogP contribution is -2.49. The van der Waals surface area contributed by atoms with Crippen LogP contribution in [0, 0.1) is 5.82 Å². The van der Waals surface area contributed by atoms with Crippen molar-refractivity contribution in [3.63, 3.8) is 0 Å². The van der Waals surface area contributed by atoms with Crippen molar-refractivity contribution in [2.24, 2.45) is 0 Å². The highest BCUT2D eigenvalue weighted by molar-refractivity contribution is 6.35. The highest BCUT2D eigenvalue weighted by Crippen LogP contribution is 2.19. The monoisotopic (exact) mass is 384 g/mol. The topological polar surface area (TPSA) is 64.7 Å². The predicted molar refractivity (Wildman–Crippen MR) is 106 cm³/mol. The van der Waals surface area contributed by atoms with Crippen molar-refractivity contribution >= 4 is 17.5 Å². The molecular weight excluding hydrogens is 359 g/mol. The maximum atomic E-state index is 13.9. The van der Waals surface area contributed by atoms with Crippen LogP contribution >= 0.6 is 0 Å². The number of nitrogens with zero attached hydrogens (tertiary/aromatic N) is 2. The average molecular weight is 384 g/mol. The van der Waals surface area contributed by atoms with Crippen LogP contribution in [0.15, 0.2) is 54.6 Å². The van der Waals surface area contributed by atoms with Crippen LogP contribution in [0.1, 0.15) is 5.56 Å². The SMILES string of the molecule is O=C(NCCN1CCN(c2ccccc2F)CC1)C(=O)NCc1ccccc1. The van der Waals surface area contributed by atoms with Crippen LogP contribution in [0.4, 0.5) is 10.1 Å². The Balaban J connectivity index is 1.33. The molecule has 0 radical (unpaired) electrons. The molecule has 2 amide bonds. The van der Waals surface area contributed by atoms with E-state index in [1.807, 2.05) is 41.3 Å². The van der Waals surface area contributed by atoms with Gasteiger partial charge in [-0.3, -0.25) is 14.5 Å². The Bertz CT molecular complexity index is 792. The summed E-state index contributed by atoms with van der Waals surface area (Å²) in [5.41, 5.74) is 1.57. The van der Waals surface area contributed by atoms with Gasteiger partial charge in [-0.05, 0) is 17.7 Å². The molecule has 6 nitrogen and oxygen atoms in total. The summed E-state index contributed by atoms with van der Waals surface area (Å²) in [4.78, 5) is 28.0. The number of carbonyl (C=O) groups excluding carboxylic acids is 2. The van der Waals surface area contributed by atoms with E-state index in [1.54, 1.807) is 12.1 Å². The maximum Gasteiger partial charge on any atom is 0.309 e. The number of amides is 2. The van der Waals surface area contributed by atoms with Crippen LogP contribution < -0.4 is 15.5 Å². The first kappa shape index (κ1) is 19.8. The number of para-hydroxylation sites is 1. The van der Waals surface area contributed by atoms with E-state index >= 15 is 0 Å².